The van der Waals surface area contributed by atoms with E-state index in [9.17, 15) is 17.4 Å². The molecule has 2 rings (SSSR count). The molecule has 0 bridgehead atoms. The molecule has 21 heavy (non-hydrogen) atoms. The van der Waals surface area contributed by atoms with Crippen molar-refractivity contribution >= 4 is 10.8 Å². The number of pyridine rings is 1. The van der Waals surface area contributed by atoms with E-state index in [1.165, 1.54) is 13.2 Å². The lowest BCUT2D eigenvalue weighted by Crippen LogP contribution is -2.19. The van der Waals surface area contributed by atoms with Crippen LogP contribution in [0.4, 0.5) is 13.2 Å². The van der Waals surface area contributed by atoms with Crippen molar-refractivity contribution in [2.75, 3.05) is 7.11 Å². The van der Waals surface area contributed by atoms with Gasteiger partial charge >= 0.3 is 6.18 Å². The summed E-state index contributed by atoms with van der Waals surface area (Å²) in [4.78, 5) is 4.08. The van der Waals surface area contributed by atoms with Crippen LogP contribution in [0.5, 0.6) is 5.75 Å². The molecule has 114 valence electrons. The first kappa shape index (κ1) is 15.8. The van der Waals surface area contributed by atoms with Crippen molar-refractivity contribution in [2.45, 2.75) is 23.6 Å². The van der Waals surface area contributed by atoms with E-state index in [0.29, 0.717) is 11.4 Å². The molecule has 3 nitrogen and oxygen atoms in total. The van der Waals surface area contributed by atoms with Crippen LogP contribution in [0.3, 0.4) is 0 Å². The molecule has 2 atom stereocenters. The zero-order chi connectivity index (χ0) is 15.5. The molecule has 0 N–H and O–H groups in total. The topological polar surface area (TPSA) is 39.2 Å². The van der Waals surface area contributed by atoms with Gasteiger partial charge in [0.2, 0.25) is 0 Å². The summed E-state index contributed by atoms with van der Waals surface area (Å²) in [7, 11) is 0.191. The van der Waals surface area contributed by atoms with Crippen molar-refractivity contribution in [2.24, 2.45) is 0 Å². The summed E-state index contributed by atoms with van der Waals surface area (Å²) >= 11 is 0. The fourth-order valence-corrected chi connectivity index (χ4v) is 3.15. The largest absolute Gasteiger partial charge is 0.497 e. The number of aromatic nitrogens is 1. The van der Waals surface area contributed by atoms with Gasteiger partial charge in [-0.05, 0) is 12.5 Å². The Morgan fingerprint density at radius 1 is 1.48 bits per heavy atom. The maximum atomic E-state index is 12.5. The van der Waals surface area contributed by atoms with Crippen molar-refractivity contribution in [3.8, 4) is 5.75 Å². The number of hydrogen-bond acceptors (Lipinski definition) is 3. The number of nitrogens with zero attached hydrogens (tertiary/aromatic N) is 1. The molecular formula is C14H14F3NO2S. The summed E-state index contributed by atoms with van der Waals surface area (Å²) in [5.74, 6) is 0.789. The van der Waals surface area contributed by atoms with Gasteiger partial charge in [0.25, 0.3) is 0 Å². The molecule has 1 aliphatic carbocycles. The predicted molar refractivity (Wildman–Crippen MR) is 74.3 cm³/mol. The minimum atomic E-state index is -4.35. The molecule has 1 heterocycles. The summed E-state index contributed by atoms with van der Waals surface area (Å²) in [6.07, 6.45) is 0.745. The number of halogens is 3. The second kappa shape index (κ2) is 6.43. The SMILES string of the molecule is COc1ccnc(CS(=O)C2C=CC(C(F)(F)F)=CC2)c1. The van der Waals surface area contributed by atoms with Crippen LogP contribution in [-0.4, -0.2) is 27.7 Å². The molecule has 2 unspecified atom stereocenters. The average Bonchev–Trinajstić information content (AvgIpc) is 2.46. The van der Waals surface area contributed by atoms with E-state index in [-0.39, 0.29) is 12.2 Å². The Balaban J connectivity index is 2.00. The lowest BCUT2D eigenvalue weighted by molar-refractivity contribution is -0.0886. The molecule has 0 aromatic carbocycles. The highest BCUT2D eigenvalue weighted by molar-refractivity contribution is 7.85. The first-order valence-electron chi connectivity index (χ1n) is 6.22. The standard InChI is InChI=1S/C14H14F3NO2S/c1-20-12-6-7-18-11(8-12)9-21(19)13-4-2-10(3-5-13)14(15,16)17/h2-4,6-8,13H,5,9H2,1H3. The van der Waals surface area contributed by atoms with Crippen molar-refractivity contribution in [3.05, 3.63) is 47.8 Å². The molecule has 0 amide bonds. The Morgan fingerprint density at radius 2 is 2.24 bits per heavy atom. The van der Waals surface area contributed by atoms with Crippen LogP contribution in [0.2, 0.25) is 0 Å². The molecule has 7 heteroatoms. The number of rotatable bonds is 4. The van der Waals surface area contributed by atoms with Gasteiger partial charge in [-0.25, -0.2) is 0 Å². The van der Waals surface area contributed by atoms with Gasteiger partial charge in [0.1, 0.15) is 5.75 Å². The Kier molecular flexibility index (Phi) is 4.82. The van der Waals surface area contributed by atoms with Crippen LogP contribution in [0.25, 0.3) is 0 Å². The molecule has 1 aromatic rings. The Morgan fingerprint density at radius 3 is 2.81 bits per heavy atom. The van der Waals surface area contributed by atoms with Crippen LogP contribution in [0.15, 0.2) is 42.1 Å². The molecule has 0 radical (unpaired) electrons. The van der Waals surface area contributed by atoms with Crippen molar-refractivity contribution in [1.82, 2.24) is 4.98 Å². The third-order valence-corrected chi connectivity index (χ3v) is 4.64. The van der Waals surface area contributed by atoms with E-state index in [1.54, 1.807) is 18.3 Å². The molecule has 0 saturated carbocycles. The van der Waals surface area contributed by atoms with Gasteiger partial charge in [-0.3, -0.25) is 9.19 Å². The number of alkyl halides is 3. The van der Waals surface area contributed by atoms with Gasteiger partial charge in [-0.15, -0.1) is 0 Å². The Bertz CT molecular complexity index is 596. The number of hydrogen-bond donors (Lipinski definition) is 0. The van der Waals surface area contributed by atoms with E-state index < -0.39 is 27.8 Å². The van der Waals surface area contributed by atoms with E-state index in [1.807, 2.05) is 0 Å². The average molecular weight is 317 g/mol. The number of allylic oxidation sites excluding steroid dienone is 3. The van der Waals surface area contributed by atoms with Gasteiger partial charge in [-0.1, -0.05) is 18.2 Å². The first-order valence-corrected chi connectivity index (χ1v) is 7.60. The molecular weight excluding hydrogens is 303 g/mol. The van der Waals surface area contributed by atoms with E-state index in [4.69, 9.17) is 4.74 Å². The second-order valence-corrected chi connectivity index (χ2v) is 6.16. The van der Waals surface area contributed by atoms with Gasteiger partial charge in [0.15, 0.2) is 0 Å². The predicted octanol–water partition coefficient (Wildman–Crippen LogP) is 3.16. The van der Waals surface area contributed by atoms with Gasteiger partial charge in [-0.2, -0.15) is 13.2 Å². The lowest BCUT2D eigenvalue weighted by Gasteiger charge is -2.17. The minimum absolute atomic E-state index is 0.113. The van der Waals surface area contributed by atoms with E-state index in [2.05, 4.69) is 4.98 Å². The molecule has 0 aliphatic heterocycles. The van der Waals surface area contributed by atoms with Gasteiger partial charge < -0.3 is 4.74 Å². The van der Waals surface area contributed by atoms with Crippen LogP contribution >= 0.6 is 0 Å². The summed E-state index contributed by atoms with van der Waals surface area (Å²) < 4.78 is 54.7. The van der Waals surface area contributed by atoms with E-state index in [0.717, 1.165) is 12.2 Å². The second-order valence-electron chi connectivity index (χ2n) is 4.50. The third kappa shape index (κ3) is 4.17. The maximum Gasteiger partial charge on any atom is 0.416 e. The minimum Gasteiger partial charge on any atom is -0.497 e. The van der Waals surface area contributed by atoms with Crippen molar-refractivity contribution < 1.29 is 22.1 Å². The van der Waals surface area contributed by atoms with Crippen molar-refractivity contribution in [3.63, 3.8) is 0 Å². The Hall–Kier alpha value is -1.63. The summed E-state index contributed by atoms with van der Waals surface area (Å²) in [6, 6.07) is 3.34. The number of ether oxygens (including phenoxy) is 1. The highest BCUT2D eigenvalue weighted by Gasteiger charge is 2.33. The van der Waals surface area contributed by atoms with Gasteiger partial charge in [0.05, 0.1) is 29.4 Å². The zero-order valence-corrected chi connectivity index (χ0v) is 12.1. The molecule has 1 aromatic heterocycles. The smallest absolute Gasteiger partial charge is 0.416 e. The van der Waals surface area contributed by atoms with Crippen LogP contribution in [0, 0.1) is 0 Å². The Labute approximate surface area is 123 Å². The first-order chi connectivity index (χ1) is 9.90. The molecule has 0 saturated heterocycles. The fourth-order valence-electron chi connectivity index (χ4n) is 1.92. The zero-order valence-electron chi connectivity index (χ0n) is 11.3. The molecule has 1 aliphatic rings. The monoisotopic (exact) mass is 317 g/mol. The van der Waals surface area contributed by atoms with Crippen LogP contribution in [0.1, 0.15) is 12.1 Å². The highest BCUT2D eigenvalue weighted by Crippen LogP contribution is 2.30. The van der Waals surface area contributed by atoms with Gasteiger partial charge in [0, 0.05) is 23.1 Å². The normalized spacial score (nSPS) is 20.0. The maximum absolute atomic E-state index is 12.5. The van der Waals surface area contributed by atoms with E-state index >= 15 is 0 Å². The quantitative estimate of drug-likeness (QED) is 0.856. The number of methoxy groups -OCH3 is 1. The molecule has 0 fully saturated rings. The highest BCUT2D eigenvalue weighted by atomic mass is 32.2. The van der Waals surface area contributed by atoms with Crippen molar-refractivity contribution in [1.29, 1.82) is 0 Å². The summed E-state index contributed by atoms with van der Waals surface area (Å²) in [5.41, 5.74) is -0.0954. The summed E-state index contributed by atoms with van der Waals surface area (Å²) in [5, 5.41) is -0.427. The van der Waals surface area contributed by atoms with Crippen LogP contribution in [-0.2, 0) is 16.6 Å². The summed E-state index contributed by atoms with van der Waals surface area (Å²) in [6.45, 7) is 0. The fraction of sp³-hybridized carbons (Fsp3) is 0.357. The third-order valence-electron chi connectivity index (χ3n) is 3.04. The van der Waals surface area contributed by atoms with Crippen LogP contribution < -0.4 is 4.74 Å². The lowest BCUT2D eigenvalue weighted by atomic mass is 10.1. The molecule has 0 spiro atoms.